The lowest BCUT2D eigenvalue weighted by atomic mass is 10.0. The summed E-state index contributed by atoms with van der Waals surface area (Å²) in [7, 11) is 0. The first kappa shape index (κ1) is 15.6. The van der Waals surface area contributed by atoms with Gasteiger partial charge in [-0.1, -0.05) is 54.6 Å². The zero-order valence-electron chi connectivity index (χ0n) is 12.9. The molecule has 0 unspecified atom stereocenters. The minimum absolute atomic E-state index is 0.426. The molecule has 1 heterocycles. The van der Waals surface area contributed by atoms with Gasteiger partial charge in [-0.05, 0) is 5.56 Å². The van der Waals surface area contributed by atoms with Crippen LogP contribution in [0.4, 0.5) is 0 Å². The van der Waals surface area contributed by atoms with Crippen LogP contribution in [0.2, 0.25) is 0 Å². The topological polar surface area (TPSA) is 46.6 Å². The number of ether oxygens (including phenoxy) is 1. The zero-order chi connectivity index (χ0) is 16.1. The summed E-state index contributed by atoms with van der Waals surface area (Å²) >= 11 is 0. The maximum absolute atomic E-state index is 12.3. The highest BCUT2D eigenvalue weighted by atomic mass is 16.5. The van der Waals surface area contributed by atoms with E-state index in [0.29, 0.717) is 11.1 Å². The van der Waals surface area contributed by atoms with Crippen LogP contribution in [0.15, 0.2) is 54.6 Å². The van der Waals surface area contributed by atoms with E-state index in [1.165, 1.54) is 0 Å². The van der Waals surface area contributed by atoms with E-state index >= 15 is 0 Å². The number of nitrogens with zero attached hydrogens (tertiary/aromatic N) is 1. The van der Waals surface area contributed by atoms with Crippen molar-refractivity contribution in [1.82, 2.24) is 4.90 Å². The predicted molar refractivity (Wildman–Crippen MR) is 87.6 cm³/mol. The molecule has 0 atom stereocenters. The molecule has 4 nitrogen and oxygen atoms in total. The van der Waals surface area contributed by atoms with Crippen LogP contribution in [0.5, 0.6) is 0 Å². The van der Waals surface area contributed by atoms with E-state index in [1.807, 2.05) is 18.2 Å². The van der Waals surface area contributed by atoms with Gasteiger partial charge in [-0.25, -0.2) is 0 Å². The van der Waals surface area contributed by atoms with Gasteiger partial charge in [0.1, 0.15) is 0 Å². The molecule has 2 aromatic rings. The Balaban J connectivity index is 1.66. The summed E-state index contributed by atoms with van der Waals surface area (Å²) < 4.78 is 5.33. The van der Waals surface area contributed by atoms with Crippen molar-refractivity contribution >= 4 is 11.6 Å². The smallest absolute Gasteiger partial charge is 0.233 e. The highest BCUT2D eigenvalue weighted by Gasteiger charge is 2.18. The Kier molecular flexibility index (Phi) is 4.95. The summed E-state index contributed by atoms with van der Waals surface area (Å²) in [6, 6.07) is 16.0. The highest BCUT2D eigenvalue weighted by Crippen LogP contribution is 2.12. The number of carbonyl (C=O) groups excluding carboxylic acids is 2. The molecular formula is C19H19NO3. The molecule has 0 aliphatic carbocycles. The molecule has 0 radical (unpaired) electrons. The van der Waals surface area contributed by atoms with E-state index in [1.54, 1.807) is 36.4 Å². The molecule has 23 heavy (non-hydrogen) atoms. The maximum Gasteiger partial charge on any atom is 0.233 e. The lowest BCUT2D eigenvalue weighted by Crippen LogP contribution is -2.35. The first-order valence-corrected chi connectivity index (χ1v) is 7.77. The monoisotopic (exact) mass is 309 g/mol. The van der Waals surface area contributed by atoms with Crippen molar-refractivity contribution in [3.63, 3.8) is 0 Å². The average Bonchev–Trinajstić information content (AvgIpc) is 2.63. The van der Waals surface area contributed by atoms with Crippen LogP contribution in [0.1, 0.15) is 26.3 Å². The second kappa shape index (κ2) is 7.31. The van der Waals surface area contributed by atoms with Crippen molar-refractivity contribution in [1.29, 1.82) is 0 Å². The van der Waals surface area contributed by atoms with Gasteiger partial charge in [-0.3, -0.25) is 14.5 Å². The highest BCUT2D eigenvalue weighted by molar-refractivity contribution is 6.49. The summed E-state index contributed by atoms with van der Waals surface area (Å²) in [5.41, 5.74) is 2.00. The quantitative estimate of drug-likeness (QED) is 0.629. The molecule has 0 saturated carbocycles. The average molecular weight is 309 g/mol. The van der Waals surface area contributed by atoms with E-state index < -0.39 is 11.6 Å². The molecule has 0 bridgehead atoms. The number of morpholine rings is 1. The van der Waals surface area contributed by atoms with E-state index in [9.17, 15) is 9.59 Å². The molecule has 0 spiro atoms. The normalized spacial score (nSPS) is 15.3. The van der Waals surface area contributed by atoms with Gasteiger partial charge in [0.05, 0.1) is 13.2 Å². The molecule has 4 heteroatoms. The standard InChI is InChI=1S/C19H19NO3/c21-18(16-4-2-1-3-5-16)19(22)17-8-6-15(7-9-17)14-20-10-12-23-13-11-20/h1-9H,10-14H2. The van der Waals surface area contributed by atoms with Crippen LogP contribution in [0.3, 0.4) is 0 Å². The Bertz CT molecular complexity index is 674. The third-order valence-electron chi connectivity index (χ3n) is 3.97. The third kappa shape index (κ3) is 3.92. The minimum Gasteiger partial charge on any atom is -0.379 e. The molecule has 2 aromatic carbocycles. The van der Waals surface area contributed by atoms with Crippen LogP contribution >= 0.6 is 0 Å². The van der Waals surface area contributed by atoms with Gasteiger partial charge >= 0.3 is 0 Å². The fourth-order valence-corrected chi connectivity index (χ4v) is 2.63. The van der Waals surface area contributed by atoms with Crippen molar-refractivity contribution < 1.29 is 14.3 Å². The summed E-state index contributed by atoms with van der Waals surface area (Å²) in [6.07, 6.45) is 0. The SMILES string of the molecule is O=C(C(=O)c1ccc(CN2CCOCC2)cc1)c1ccccc1. The molecule has 1 saturated heterocycles. The van der Waals surface area contributed by atoms with Gasteiger partial charge in [0.15, 0.2) is 0 Å². The van der Waals surface area contributed by atoms with Crippen LogP contribution in [0, 0.1) is 0 Å². The molecule has 1 aliphatic rings. The molecule has 1 fully saturated rings. The van der Waals surface area contributed by atoms with Gasteiger partial charge in [0.2, 0.25) is 11.6 Å². The summed E-state index contributed by atoms with van der Waals surface area (Å²) in [6.45, 7) is 4.22. The van der Waals surface area contributed by atoms with E-state index in [2.05, 4.69) is 4.90 Å². The number of Topliss-reactive ketones (excluding diaryl/α,β-unsaturated/α-hetero) is 2. The lowest BCUT2D eigenvalue weighted by Gasteiger charge is -2.26. The van der Waals surface area contributed by atoms with Gasteiger partial charge in [-0.2, -0.15) is 0 Å². The van der Waals surface area contributed by atoms with Gasteiger partial charge < -0.3 is 4.74 Å². The van der Waals surface area contributed by atoms with Crippen LogP contribution in [0.25, 0.3) is 0 Å². The number of ketones is 2. The van der Waals surface area contributed by atoms with E-state index in [-0.39, 0.29) is 0 Å². The molecule has 0 aromatic heterocycles. The number of carbonyl (C=O) groups is 2. The Morgan fingerprint density at radius 3 is 2.00 bits per heavy atom. The van der Waals surface area contributed by atoms with Gasteiger partial charge in [0, 0.05) is 30.8 Å². The van der Waals surface area contributed by atoms with Crippen molar-refractivity contribution in [2.24, 2.45) is 0 Å². The molecule has 0 N–H and O–H groups in total. The molecule has 3 rings (SSSR count). The van der Waals surface area contributed by atoms with Gasteiger partial charge in [-0.15, -0.1) is 0 Å². The fourth-order valence-electron chi connectivity index (χ4n) is 2.63. The zero-order valence-corrected chi connectivity index (χ0v) is 12.9. The Labute approximate surface area is 135 Å². The number of hydrogen-bond donors (Lipinski definition) is 0. The predicted octanol–water partition coefficient (Wildman–Crippen LogP) is 2.58. The number of rotatable bonds is 5. The van der Waals surface area contributed by atoms with Crippen LogP contribution in [-0.4, -0.2) is 42.8 Å². The lowest BCUT2D eigenvalue weighted by molar-refractivity contribution is 0.0342. The van der Waals surface area contributed by atoms with Crippen molar-refractivity contribution in [2.75, 3.05) is 26.3 Å². The fraction of sp³-hybridized carbons (Fsp3) is 0.263. The summed E-state index contributed by atoms with van der Waals surface area (Å²) in [4.78, 5) is 26.8. The number of hydrogen-bond acceptors (Lipinski definition) is 4. The van der Waals surface area contributed by atoms with E-state index in [0.717, 1.165) is 38.4 Å². The second-order valence-electron chi connectivity index (χ2n) is 5.61. The van der Waals surface area contributed by atoms with Crippen molar-refractivity contribution in [3.05, 3.63) is 71.3 Å². The Morgan fingerprint density at radius 2 is 1.39 bits per heavy atom. The van der Waals surface area contributed by atoms with Crippen LogP contribution < -0.4 is 0 Å². The summed E-state index contributed by atoms with van der Waals surface area (Å²) in [5.74, 6) is -0.930. The minimum atomic E-state index is -0.466. The first-order chi connectivity index (χ1) is 11.2. The largest absolute Gasteiger partial charge is 0.379 e. The first-order valence-electron chi connectivity index (χ1n) is 7.77. The molecule has 1 aliphatic heterocycles. The maximum atomic E-state index is 12.3. The van der Waals surface area contributed by atoms with Crippen LogP contribution in [-0.2, 0) is 11.3 Å². The molecular weight excluding hydrogens is 290 g/mol. The van der Waals surface area contributed by atoms with Crippen molar-refractivity contribution in [2.45, 2.75) is 6.54 Å². The Morgan fingerprint density at radius 1 is 0.826 bits per heavy atom. The Hall–Kier alpha value is -2.30. The second-order valence-corrected chi connectivity index (χ2v) is 5.61. The van der Waals surface area contributed by atoms with Crippen molar-refractivity contribution in [3.8, 4) is 0 Å². The van der Waals surface area contributed by atoms with Gasteiger partial charge in [0.25, 0.3) is 0 Å². The van der Waals surface area contributed by atoms with E-state index in [4.69, 9.17) is 4.74 Å². The summed E-state index contributed by atoms with van der Waals surface area (Å²) in [5, 5.41) is 0. The number of benzene rings is 2. The molecule has 0 amide bonds. The molecule has 118 valence electrons. The third-order valence-corrected chi connectivity index (χ3v) is 3.97.